The van der Waals surface area contributed by atoms with Crippen LogP contribution in [0.15, 0.2) is 0 Å². The lowest BCUT2D eigenvalue weighted by molar-refractivity contribution is -0.150. The van der Waals surface area contributed by atoms with E-state index in [2.05, 4.69) is 0 Å². The van der Waals surface area contributed by atoms with E-state index < -0.39 is 11.8 Å². The smallest absolute Gasteiger partial charge is 0.372 e. The molecule has 0 heterocycles. The van der Waals surface area contributed by atoms with E-state index >= 15 is 0 Å². The second kappa shape index (κ2) is 3.22. The highest BCUT2D eigenvalue weighted by Crippen LogP contribution is 2.00. The maximum absolute atomic E-state index is 10.5. The van der Waals surface area contributed by atoms with Crippen molar-refractivity contribution >= 4 is 11.8 Å². The summed E-state index contributed by atoms with van der Waals surface area (Å²) in [6.07, 6.45) is 0.588. The van der Waals surface area contributed by atoms with E-state index in [0.717, 1.165) is 0 Å². The summed E-state index contributed by atoms with van der Waals surface area (Å²) >= 11 is 0. The number of hydrogen-bond acceptors (Lipinski definition) is 2. The number of carbonyl (C=O) groups excluding carboxylic acids is 1. The van der Waals surface area contributed by atoms with Crippen molar-refractivity contribution in [3.63, 3.8) is 0 Å². The van der Waals surface area contributed by atoms with Crippen molar-refractivity contribution in [2.75, 3.05) is 0 Å². The molecule has 0 saturated heterocycles. The van der Waals surface area contributed by atoms with Gasteiger partial charge >= 0.3 is 5.97 Å². The van der Waals surface area contributed by atoms with E-state index in [1.165, 1.54) is 0 Å². The van der Waals surface area contributed by atoms with Crippen molar-refractivity contribution in [3.05, 3.63) is 0 Å². The maximum Gasteiger partial charge on any atom is 0.372 e. The molecule has 1 unspecified atom stereocenters. The molecule has 0 radical (unpaired) electrons. The molecule has 1 N–H and O–H groups in total. The average Bonchev–Trinajstić information content (AvgIpc) is 1.84. The van der Waals surface area contributed by atoms with Gasteiger partial charge in [0.25, 0.3) is 0 Å². The zero-order valence-corrected chi connectivity index (χ0v) is 5.55. The molecule has 52 valence electrons. The molecule has 0 aliphatic rings. The third kappa shape index (κ3) is 2.26. The second-order valence-corrected chi connectivity index (χ2v) is 1.98. The normalized spacial score (nSPS) is 12.7. The number of carboxylic acids is 1. The fourth-order valence-electron chi connectivity index (χ4n) is 0.396. The maximum atomic E-state index is 10.5. The quantitative estimate of drug-likeness (QED) is 0.455. The minimum atomic E-state index is -1.33. The molecule has 0 aromatic carbocycles. The molecule has 0 rings (SSSR count). The number of carbonyl (C=O) groups is 2. The van der Waals surface area contributed by atoms with Gasteiger partial charge in [-0.2, -0.15) is 0 Å². The monoisotopic (exact) mass is 133 g/mol. The van der Waals surface area contributed by atoms with Gasteiger partial charge in [-0.15, -0.1) is 0 Å². The Kier molecular flexibility index (Phi) is 2.91. The van der Waals surface area contributed by atoms with E-state index in [4.69, 9.17) is 5.11 Å². The fourth-order valence-corrected chi connectivity index (χ4v) is 0.396. The van der Waals surface area contributed by atoms with Gasteiger partial charge in [0, 0.05) is 5.92 Å². The zero-order chi connectivity index (χ0) is 7.44. The molecule has 0 bridgehead atoms. The molecule has 0 aliphatic heterocycles. The highest BCUT2D eigenvalue weighted by Gasteiger charge is 2.17. The fraction of sp³-hybridized carbons (Fsp3) is 0.667. The summed E-state index contributed by atoms with van der Waals surface area (Å²) in [5, 5.41) is 8.13. The Hall–Kier alpha value is -0.860. The predicted octanol–water partition coefficient (Wildman–Crippen LogP) is 0.686. The first-order valence-corrected chi connectivity index (χ1v) is 2.86. The SMILES string of the molecule is CCC([13CH3])[13C](=O)[13C](=O)O. The lowest BCUT2D eigenvalue weighted by Gasteiger charge is -1.99. The minimum absolute atomic E-state index is 0.345. The third-order valence-electron chi connectivity index (χ3n) is 1.27. The summed E-state index contributed by atoms with van der Waals surface area (Å²) in [7, 11) is 0. The minimum Gasteiger partial charge on any atom is -0.475 e. The van der Waals surface area contributed by atoms with Crippen LogP contribution in [0.1, 0.15) is 20.3 Å². The van der Waals surface area contributed by atoms with Crippen LogP contribution in [0, 0.1) is 5.92 Å². The van der Waals surface area contributed by atoms with Crippen molar-refractivity contribution in [3.8, 4) is 0 Å². The highest BCUT2D eigenvalue weighted by molar-refractivity contribution is 6.33. The van der Waals surface area contributed by atoms with E-state index in [1.807, 2.05) is 0 Å². The van der Waals surface area contributed by atoms with E-state index in [9.17, 15) is 9.59 Å². The summed E-state index contributed by atoms with van der Waals surface area (Å²) < 4.78 is 0. The Bertz CT molecular complexity index is 128. The first-order chi connectivity index (χ1) is 4.09. The number of rotatable bonds is 3. The molecular formula is C6H10O3. The zero-order valence-electron chi connectivity index (χ0n) is 5.55. The third-order valence-corrected chi connectivity index (χ3v) is 1.27. The van der Waals surface area contributed by atoms with Crippen LogP contribution in [0.5, 0.6) is 0 Å². The van der Waals surface area contributed by atoms with Crippen LogP contribution in [0.2, 0.25) is 0 Å². The molecule has 1 atom stereocenters. The Morgan fingerprint density at radius 1 is 1.56 bits per heavy atom. The first kappa shape index (κ1) is 8.14. The Labute approximate surface area is 53.7 Å². The second-order valence-electron chi connectivity index (χ2n) is 1.98. The summed E-state index contributed by atoms with van der Waals surface area (Å²) in [5.41, 5.74) is 0. The number of ketones is 1. The molecule has 3 nitrogen and oxygen atoms in total. The average molecular weight is 133 g/mol. The van der Waals surface area contributed by atoms with Gasteiger partial charge in [-0.05, 0) is 6.42 Å². The molecule has 0 saturated carbocycles. The molecule has 0 aliphatic carbocycles. The Balaban J connectivity index is 3.88. The Morgan fingerprint density at radius 3 is 2.11 bits per heavy atom. The van der Waals surface area contributed by atoms with Gasteiger partial charge in [-0.3, -0.25) is 4.79 Å². The van der Waals surface area contributed by atoms with Crippen molar-refractivity contribution in [1.82, 2.24) is 0 Å². The van der Waals surface area contributed by atoms with Gasteiger partial charge in [0.1, 0.15) is 0 Å². The van der Waals surface area contributed by atoms with Crippen LogP contribution >= 0.6 is 0 Å². The van der Waals surface area contributed by atoms with Gasteiger partial charge in [0.05, 0.1) is 0 Å². The van der Waals surface area contributed by atoms with Crippen LogP contribution in [-0.4, -0.2) is 16.9 Å². The van der Waals surface area contributed by atoms with Gasteiger partial charge < -0.3 is 5.11 Å². The summed E-state index contributed by atoms with van der Waals surface area (Å²) in [5.74, 6) is -2.37. The number of hydrogen-bond donors (Lipinski definition) is 1. The summed E-state index contributed by atoms with van der Waals surface area (Å²) in [6, 6.07) is 0. The first-order valence-electron chi connectivity index (χ1n) is 2.86. The Morgan fingerprint density at radius 2 is 2.00 bits per heavy atom. The van der Waals surface area contributed by atoms with Crippen molar-refractivity contribution in [1.29, 1.82) is 0 Å². The van der Waals surface area contributed by atoms with Gasteiger partial charge in [-0.1, -0.05) is 13.8 Å². The number of aliphatic carboxylic acids is 1. The topological polar surface area (TPSA) is 54.4 Å². The highest BCUT2D eigenvalue weighted by atomic mass is 16.5. The van der Waals surface area contributed by atoms with Gasteiger partial charge in [0.2, 0.25) is 5.78 Å². The van der Waals surface area contributed by atoms with Crippen molar-refractivity contribution < 1.29 is 14.7 Å². The molecule has 0 spiro atoms. The molecule has 0 aromatic heterocycles. The number of carboxylic acid groups (broad SMARTS) is 1. The summed E-state index contributed by atoms with van der Waals surface area (Å²) in [6.45, 7) is 3.39. The lowest BCUT2D eigenvalue weighted by atomic mass is 10.3. The predicted molar refractivity (Wildman–Crippen MR) is 32.1 cm³/mol. The van der Waals surface area contributed by atoms with Crippen LogP contribution in [-0.2, 0) is 9.59 Å². The standard InChI is InChI=1S/C6H10O3/c1-3-4(2)5(7)6(8)9/h4H,3H2,1-2H3,(H,8,9)/i2+1,5+1,6+1. The largest absolute Gasteiger partial charge is 0.475 e. The van der Waals surface area contributed by atoms with Crippen molar-refractivity contribution in [2.24, 2.45) is 5.92 Å². The molecule has 9 heavy (non-hydrogen) atoms. The van der Waals surface area contributed by atoms with Crippen LogP contribution in [0.4, 0.5) is 0 Å². The van der Waals surface area contributed by atoms with Crippen molar-refractivity contribution in [2.45, 2.75) is 20.3 Å². The van der Waals surface area contributed by atoms with Gasteiger partial charge in [-0.25, -0.2) is 4.79 Å². The molecular weight excluding hydrogens is 123 g/mol. The summed E-state index contributed by atoms with van der Waals surface area (Å²) in [4.78, 5) is 20.4. The molecule has 0 fully saturated rings. The van der Waals surface area contributed by atoms with Crippen LogP contribution in [0.25, 0.3) is 0 Å². The van der Waals surface area contributed by atoms with Gasteiger partial charge in [0.15, 0.2) is 0 Å². The number of Topliss-reactive ketones (excluding diaryl/α,β-unsaturated/α-hetero) is 1. The van der Waals surface area contributed by atoms with E-state index in [-0.39, 0.29) is 5.92 Å². The molecule has 3 heteroatoms. The van der Waals surface area contributed by atoms with Crippen LogP contribution in [0.3, 0.4) is 0 Å². The molecule has 0 aromatic rings. The molecule has 0 amide bonds. The van der Waals surface area contributed by atoms with E-state index in [0.29, 0.717) is 6.42 Å². The van der Waals surface area contributed by atoms with Crippen LogP contribution < -0.4 is 0 Å². The van der Waals surface area contributed by atoms with E-state index in [1.54, 1.807) is 13.8 Å². The lowest BCUT2D eigenvalue weighted by Crippen LogP contribution is -2.19.